The van der Waals surface area contributed by atoms with Crippen molar-refractivity contribution in [3.8, 4) is 0 Å². The van der Waals surface area contributed by atoms with Crippen molar-refractivity contribution in [2.45, 2.75) is 20.3 Å². The van der Waals surface area contributed by atoms with Crippen LogP contribution in [0.4, 0.5) is 5.69 Å². The van der Waals surface area contributed by atoms with E-state index in [1.165, 1.54) is 0 Å². The second-order valence-electron chi connectivity index (χ2n) is 3.28. The SMILES string of the molecule is CCOC(=O)Cc1cc(C)c(N)cc1Br. The summed E-state index contributed by atoms with van der Waals surface area (Å²) in [6.07, 6.45) is 0.273. The topological polar surface area (TPSA) is 52.3 Å². The summed E-state index contributed by atoms with van der Waals surface area (Å²) in [6, 6.07) is 3.71. The van der Waals surface area contributed by atoms with Gasteiger partial charge >= 0.3 is 5.97 Å². The summed E-state index contributed by atoms with van der Waals surface area (Å²) in [5, 5.41) is 0. The van der Waals surface area contributed by atoms with E-state index in [9.17, 15) is 4.79 Å². The van der Waals surface area contributed by atoms with E-state index in [1.807, 2.05) is 19.1 Å². The van der Waals surface area contributed by atoms with E-state index in [4.69, 9.17) is 10.5 Å². The molecule has 1 aromatic rings. The van der Waals surface area contributed by atoms with Crippen molar-refractivity contribution < 1.29 is 9.53 Å². The molecule has 15 heavy (non-hydrogen) atoms. The zero-order valence-electron chi connectivity index (χ0n) is 8.84. The van der Waals surface area contributed by atoms with Gasteiger partial charge in [-0.1, -0.05) is 22.0 Å². The van der Waals surface area contributed by atoms with Crippen LogP contribution in [0.5, 0.6) is 0 Å². The van der Waals surface area contributed by atoms with Crippen molar-refractivity contribution in [1.82, 2.24) is 0 Å². The molecule has 0 amide bonds. The number of carbonyl (C=O) groups is 1. The molecule has 1 rings (SSSR count). The van der Waals surface area contributed by atoms with Crippen molar-refractivity contribution in [3.05, 3.63) is 27.7 Å². The number of aryl methyl sites for hydroxylation is 1. The molecule has 4 heteroatoms. The minimum Gasteiger partial charge on any atom is -0.466 e. The van der Waals surface area contributed by atoms with Crippen molar-refractivity contribution in [2.75, 3.05) is 12.3 Å². The Morgan fingerprint density at radius 3 is 2.80 bits per heavy atom. The van der Waals surface area contributed by atoms with Gasteiger partial charge in [0.1, 0.15) is 0 Å². The molecular weight excluding hydrogens is 258 g/mol. The Balaban J connectivity index is 2.86. The van der Waals surface area contributed by atoms with Crippen molar-refractivity contribution in [2.24, 2.45) is 0 Å². The lowest BCUT2D eigenvalue weighted by atomic mass is 10.1. The van der Waals surface area contributed by atoms with Crippen LogP contribution < -0.4 is 5.73 Å². The Morgan fingerprint density at radius 1 is 1.53 bits per heavy atom. The van der Waals surface area contributed by atoms with E-state index in [1.54, 1.807) is 6.92 Å². The first-order valence-corrected chi connectivity index (χ1v) is 5.54. The number of anilines is 1. The molecule has 0 radical (unpaired) electrons. The van der Waals surface area contributed by atoms with Crippen LogP contribution in [-0.4, -0.2) is 12.6 Å². The molecule has 0 spiro atoms. The van der Waals surface area contributed by atoms with Crippen LogP contribution in [0.1, 0.15) is 18.1 Å². The normalized spacial score (nSPS) is 10.1. The molecule has 3 nitrogen and oxygen atoms in total. The van der Waals surface area contributed by atoms with Crippen LogP contribution in [0.25, 0.3) is 0 Å². The molecule has 0 heterocycles. The lowest BCUT2D eigenvalue weighted by molar-refractivity contribution is -0.142. The van der Waals surface area contributed by atoms with E-state index in [0.717, 1.165) is 21.3 Å². The van der Waals surface area contributed by atoms with E-state index in [0.29, 0.717) is 6.61 Å². The first-order chi connectivity index (χ1) is 7.04. The van der Waals surface area contributed by atoms with Gasteiger partial charge in [0.25, 0.3) is 0 Å². The Bertz CT molecular complexity index is 377. The molecule has 0 bridgehead atoms. The molecule has 0 fully saturated rings. The molecule has 1 aromatic carbocycles. The van der Waals surface area contributed by atoms with Crippen molar-refractivity contribution in [3.63, 3.8) is 0 Å². The standard InChI is InChI=1S/C11H14BrNO2/c1-3-15-11(14)5-8-4-7(2)10(13)6-9(8)12/h4,6H,3,5,13H2,1-2H3. The maximum atomic E-state index is 11.3. The summed E-state index contributed by atoms with van der Waals surface area (Å²) in [5.41, 5.74) is 8.32. The van der Waals surface area contributed by atoms with E-state index in [2.05, 4.69) is 15.9 Å². The molecule has 0 saturated carbocycles. The summed E-state index contributed by atoms with van der Waals surface area (Å²) in [6.45, 7) is 4.11. The van der Waals surface area contributed by atoms with Gasteiger partial charge in [0.05, 0.1) is 13.0 Å². The maximum absolute atomic E-state index is 11.3. The number of nitrogen functional groups attached to an aromatic ring is 1. The largest absolute Gasteiger partial charge is 0.466 e. The highest BCUT2D eigenvalue weighted by atomic mass is 79.9. The van der Waals surface area contributed by atoms with Gasteiger partial charge in [-0.25, -0.2) is 0 Å². The molecular formula is C11H14BrNO2. The molecule has 0 aliphatic heterocycles. The van der Waals surface area contributed by atoms with Crippen molar-refractivity contribution >= 4 is 27.6 Å². The zero-order chi connectivity index (χ0) is 11.4. The number of halogens is 1. The quantitative estimate of drug-likeness (QED) is 0.679. The summed E-state index contributed by atoms with van der Waals surface area (Å²) in [7, 11) is 0. The maximum Gasteiger partial charge on any atom is 0.310 e. The molecule has 0 aromatic heterocycles. The minimum absolute atomic E-state index is 0.220. The van der Waals surface area contributed by atoms with Crippen LogP contribution in [0.2, 0.25) is 0 Å². The second-order valence-corrected chi connectivity index (χ2v) is 4.14. The van der Waals surface area contributed by atoms with Gasteiger partial charge in [0.15, 0.2) is 0 Å². The van der Waals surface area contributed by atoms with Crippen LogP contribution in [-0.2, 0) is 16.0 Å². The Labute approximate surface area is 97.7 Å². The third kappa shape index (κ3) is 3.23. The summed E-state index contributed by atoms with van der Waals surface area (Å²) in [5.74, 6) is -0.220. The number of benzene rings is 1. The van der Waals surface area contributed by atoms with E-state index in [-0.39, 0.29) is 12.4 Å². The molecule has 0 saturated heterocycles. The van der Waals surface area contributed by atoms with Crippen LogP contribution in [0.15, 0.2) is 16.6 Å². The number of nitrogens with two attached hydrogens (primary N) is 1. The molecule has 2 N–H and O–H groups in total. The highest BCUT2D eigenvalue weighted by molar-refractivity contribution is 9.10. The smallest absolute Gasteiger partial charge is 0.310 e. The van der Waals surface area contributed by atoms with Gasteiger partial charge in [-0.05, 0) is 31.0 Å². The van der Waals surface area contributed by atoms with Gasteiger partial charge in [-0.3, -0.25) is 4.79 Å². The highest BCUT2D eigenvalue weighted by Gasteiger charge is 2.09. The Hall–Kier alpha value is -1.03. The van der Waals surface area contributed by atoms with Gasteiger partial charge in [0, 0.05) is 10.2 Å². The second kappa shape index (κ2) is 5.16. The lowest BCUT2D eigenvalue weighted by Gasteiger charge is -2.07. The molecule has 82 valence electrons. The first-order valence-electron chi connectivity index (χ1n) is 4.74. The van der Waals surface area contributed by atoms with Crippen LogP contribution in [0.3, 0.4) is 0 Å². The molecule has 0 unspecified atom stereocenters. The highest BCUT2D eigenvalue weighted by Crippen LogP contribution is 2.23. The van der Waals surface area contributed by atoms with Crippen LogP contribution in [0, 0.1) is 6.92 Å². The number of hydrogen-bond acceptors (Lipinski definition) is 3. The fourth-order valence-electron chi connectivity index (χ4n) is 1.26. The van der Waals surface area contributed by atoms with Gasteiger partial charge < -0.3 is 10.5 Å². The molecule has 0 atom stereocenters. The number of ether oxygens (including phenoxy) is 1. The molecule has 0 aliphatic rings. The summed E-state index contributed by atoms with van der Waals surface area (Å²) in [4.78, 5) is 11.3. The Morgan fingerprint density at radius 2 is 2.20 bits per heavy atom. The fraction of sp³-hybridized carbons (Fsp3) is 0.364. The predicted molar refractivity (Wildman–Crippen MR) is 63.6 cm³/mol. The van der Waals surface area contributed by atoms with E-state index >= 15 is 0 Å². The van der Waals surface area contributed by atoms with E-state index < -0.39 is 0 Å². The van der Waals surface area contributed by atoms with Gasteiger partial charge in [-0.15, -0.1) is 0 Å². The summed E-state index contributed by atoms with van der Waals surface area (Å²) >= 11 is 3.37. The van der Waals surface area contributed by atoms with Gasteiger partial charge in [-0.2, -0.15) is 0 Å². The zero-order valence-corrected chi connectivity index (χ0v) is 10.4. The minimum atomic E-state index is -0.220. The first kappa shape index (κ1) is 12.0. The third-order valence-electron chi connectivity index (χ3n) is 2.08. The molecule has 0 aliphatic carbocycles. The fourth-order valence-corrected chi connectivity index (χ4v) is 1.76. The number of hydrogen-bond donors (Lipinski definition) is 1. The van der Waals surface area contributed by atoms with Crippen LogP contribution >= 0.6 is 15.9 Å². The number of rotatable bonds is 3. The average Bonchev–Trinajstić information content (AvgIpc) is 2.14. The van der Waals surface area contributed by atoms with Crippen molar-refractivity contribution in [1.29, 1.82) is 0 Å². The number of carbonyl (C=O) groups excluding carboxylic acids is 1. The lowest BCUT2D eigenvalue weighted by Crippen LogP contribution is -2.08. The Kier molecular flexibility index (Phi) is 4.15. The third-order valence-corrected chi connectivity index (χ3v) is 2.81. The summed E-state index contributed by atoms with van der Waals surface area (Å²) < 4.78 is 5.73. The average molecular weight is 272 g/mol. The predicted octanol–water partition coefficient (Wildman–Crippen LogP) is 2.45. The monoisotopic (exact) mass is 271 g/mol. The number of esters is 1. The van der Waals surface area contributed by atoms with Gasteiger partial charge in [0.2, 0.25) is 0 Å².